The second-order valence-corrected chi connectivity index (χ2v) is 3.59. The zero-order valence-corrected chi connectivity index (χ0v) is 9.96. The van der Waals surface area contributed by atoms with Crippen molar-refractivity contribution in [2.45, 2.75) is 6.42 Å². The first-order valence-corrected chi connectivity index (χ1v) is 5.27. The predicted molar refractivity (Wildman–Crippen MR) is 61.1 cm³/mol. The number of halogens is 2. The summed E-state index contributed by atoms with van der Waals surface area (Å²) in [7, 11) is 1.37. The molecule has 17 heavy (non-hydrogen) atoms. The quantitative estimate of drug-likeness (QED) is 0.801. The molecule has 0 aliphatic heterocycles. The maximum Gasteiger partial charge on any atom is 0.335 e. The lowest BCUT2D eigenvalue weighted by Crippen LogP contribution is -2.03. The Morgan fingerprint density at radius 2 is 2.24 bits per heavy atom. The van der Waals surface area contributed by atoms with Gasteiger partial charge in [-0.05, 0) is 12.1 Å². The molecule has 0 aliphatic rings. The molecule has 0 bridgehead atoms. The number of hydrogen-bond acceptors (Lipinski definition) is 3. The highest BCUT2D eigenvalue weighted by molar-refractivity contribution is 6.32. The van der Waals surface area contributed by atoms with E-state index in [4.69, 9.17) is 26.2 Å². The molecule has 4 nitrogen and oxygen atoms in total. The number of carbonyl (C=O) groups is 1. The molecule has 0 fully saturated rings. The minimum absolute atomic E-state index is 0.00434. The van der Waals surface area contributed by atoms with E-state index in [0.29, 0.717) is 0 Å². The molecule has 0 atom stereocenters. The number of carboxylic acids is 1. The van der Waals surface area contributed by atoms with Gasteiger partial charge in [-0.25, -0.2) is 4.79 Å². The smallest absolute Gasteiger partial charge is 0.335 e. The molecule has 0 spiro atoms. The number of aromatic carboxylic acids is 1. The van der Waals surface area contributed by atoms with Gasteiger partial charge in [-0.15, -0.1) is 0 Å². The normalized spacial score (nSPS) is 10.1. The molecule has 0 radical (unpaired) electrons. The molecule has 0 aromatic heterocycles. The maximum absolute atomic E-state index is 11.9. The molecule has 1 N–H and O–H groups in total. The lowest BCUT2D eigenvalue weighted by atomic mass is 10.2. The summed E-state index contributed by atoms with van der Waals surface area (Å²) in [5, 5.41) is 8.96. The number of ether oxygens (including phenoxy) is 2. The first-order chi connectivity index (χ1) is 8.10. The molecule has 94 valence electrons. The van der Waals surface area contributed by atoms with Crippen molar-refractivity contribution in [3.63, 3.8) is 0 Å². The number of carboxylic acid groups (broad SMARTS) is 1. The molecule has 1 aromatic rings. The Morgan fingerprint density at radius 1 is 1.53 bits per heavy atom. The van der Waals surface area contributed by atoms with E-state index in [1.54, 1.807) is 0 Å². The highest BCUT2D eigenvalue weighted by Crippen LogP contribution is 2.36. The molecule has 0 amide bonds. The van der Waals surface area contributed by atoms with Crippen molar-refractivity contribution in [2.75, 3.05) is 20.4 Å². The van der Waals surface area contributed by atoms with Gasteiger partial charge in [0, 0.05) is 6.42 Å². The minimum atomic E-state index is -1.11. The second-order valence-electron chi connectivity index (χ2n) is 3.19. The molecular weight excluding hydrogens is 251 g/mol. The predicted octanol–water partition coefficient (Wildman–Crippen LogP) is 2.79. The SMILES string of the molecule is COc1cc(C(=O)O)cc(Cl)c1OCCCF. The first-order valence-electron chi connectivity index (χ1n) is 4.89. The summed E-state index contributed by atoms with van der Waals surface area (Å²) in [4.78, 5) is 10.8. The maximum atomic E-state index is 11.9. The first kappa shape index (κ1) is 13.6. The van der Waals surface area contributed by atoms with Crippen molar-refractivity contribution in [1.29, 1.82) is 0 Å². The summed E-state index contributed by atoms with van der Waals surface area (Å²) < 4.78 is 22.2. The van der Waals surface area contributed by atoms with Crippen LogP contribution in [0.15, 0.2) is 12.1 Å². The van der Waals surface area contributed by atoms with Crippen molar-refractivity contribution < 1.29 is 23.8 Å². The summed E-state index contributed by atoms with van der Waals surface area (Å²) in [5.74, 6) is -0.665. The van der Waals surface area contributed by atoms with Crippen LogP contribution >= 0.6 is 11.6 Å². The Hall–Kier alpha value is -1.49. The topological polar surface area (TPSA) is 55.8 Å². The van der Waals surface area contributed by atoms with Crippen LogP contribution in [0.5, 0.6) is 11.5 Å². The Kier molecular flexibility index (Phi) is 5.03. The summed E-state index contributed by atoms with van der Waals surface area (Å²) in [6.07, 6.45) is 0.236. The standard InChI is InChI=1S/C11H12ClFO4/c1-16-9-6-7(11(14)15)5-8(12)10(9)17-4-2-3-13/h5-6H,2-4H2,1H3,(H,14,15). The third kappa shape index (κ3) is 3.49. The number of methoxy groups -OCH3 is 1. The van der Waals surface area contributed by atoms with Crippen molar-refractivity contribution >= 4 is 17.6 Å². The Bertz CT molecular complexity index is 409. The van der Waals surface area contributed by atoms with Crippen LogP contribution in [0.1, 0.15) is 16.8 Å². The number of hydrogen-bond donors (Lipinski definition) is 1. The molecule has 0 heterocycles. The zero-order chi connectivity index (χ0) is 12.8. The average Bonchev–Trinajstić information content (AvgIpc) is 2.30. The summed E-state index contributed by atoms with van der Waals surface area (Å²) >= 11 is 5.87. The lowest BCUT2D eigenvalue weighted by Gasteiger charge is -2.12. The largest absolute Gasteiger partial charge is 0.493 e. The highest BCUT2D eigenvalue weighted by atomic mass is 35.5. The van der Waals surface area contributed by atoms with Gasteiger partial charge in [0.2, 0.25) is 0 Å². The Balaban J connectivity index is 2.99. The van der Waals surface area contributed by atoms with E-state index in [-0.39, 0.29) is 35.1 Å². The van der Waals surface area contributed by atoms with E-state index in [0.717, 1.165) is 0 Å². The second kappa shape index (κ2) is 6.30. The molecular formula is C11H12ClFO4. The van der Waals surface area contributed by atoms with Gasteiger partial charge in [-0.1, -0.05) is 11.6 Å². The van der Waals surface area contributed by atoms with Gasteiger partial charge in [-0.2, -0.15) is 0 Å². The summed E-state index contributed by atoms with van der Waals surface area (Å²) in [5.41, 5.74) is 0.00434. The van der Waals surface area contributed by atoms with Gasteiger partial charge in [0.05, 0.1) is 31.0 Å². The van der Waals surface area contributed by atoms with Crippen LogP contribution < -0.4 is 9.47 Å². The number of benzene rings is 1. The van der Waals surface area contributed by atoms with E-state index < -0.39 is 12.6 Å². The number of alkyl halides is 1. The van der Waals surface area contributed by atoms with Gasteiger partial charge in [-0.3, -0.25) is 4.39 Å². The van der Waals surface area contributed by atoms with E-state index in [2.05, 4.69) is 0 Å². The lowest BCUT2D eigenvalue weighted by molar-refractivity contribution is 0.0696. The van der Waals surface area contributed by atoms with E-state index in [1.165, 1.54) is 19.2 Å². The van der Waals surface area contributed by atoms with Crippen molar-refractivity contribution in [3.8, 4) is 11.5 Å². The zero-order valence-electron chi connectivity index (χ0n) is 9.20. The van der Waals surface area contributed by atoms with E-state index >= 15 is 0 Å². The molecule has 1 rings (SSSR count). The van der Waals surface area contributed by atoms with Crippen LogP contribution in [0, 0.1) is 0 Å². The summed E-state index contributed by atoms with van der Waals surface area (Å²) in [6, 6.07) is 2.57. The fraction of sp³-hybridized carbons (Fsp3) is 0.364. The molecule has 0 saturated heterocycles. The van der Waals surface area contributed by atoms with E-state index in [9.17, 15) is 9.18 Å². The van der Waals surface area contributed by atoms with Crippen molar-refractivity contribution in [1.82, 2.24) is 0 Å². The monoisotopic (exact) mass is 262 g/mol. The van der Waals surface area contributed by atoms with E-state index in [1.807, 2.05) is 0 Å². The fourth-order valence-corrected chi connectivity index (χ4v) is 1.48. The number of rotatable bonds is 6. The van der Waals surface area contributed by atoms with Crippen LogP contribution in [0.3, 0.4) is 0 Å². The molecule has 6 heteroatoms. The highest BCUT2D eigenvalue weighted by Gasteiger charge is 2.15. The van der Waals surface area contributed by atoms with Gasteiger partial charge in [0.15, 0.2) is 11.5 Å². The fourth-order valence-electron chi connectivity index (χ4n) is 1.21. The van der Waals surface area contributed by atoms with Crippen molar-refractivity contribution in [2.24, 2.45) is 0 Å². The van der Waals surface area contributed by atoms with Crippen LogP contribution in [0.25, 0.3) is 0 Å². The molecule has 0 aliphatic carbocycles. The van der Waals surface area contributed by atoms with Gasteiger partial charge < -0.3 is 14.6 Å². The molecule has 1 aromatic carbocycles. The Morgan fingerprint density at radius 3 is 2.76 bits per heavy atom. The minimum Gasteiger partial charge on any atom is -0.493 e. The molecule has 0 unspecified atom stereocenters. The van der Waals surface area contributed by atoms with Gasteiger partial charge in [0.25, 0.3) is 0 Å². The summed E-state index contributed by atoms with van der Waals surface area (Å²) in [6.45, 7) is -0.341. The van der Waals surface area contributed by atoms with Crippen molar-refractivity contribution in [3.05, 3.63) is 22.7 Å². The Labute approximate surface area is 103 Å². The van der Waals surface area contributed by atoms with Crippen LogP contribution in [0.4, 0.5) is 4.39 Å². The van der Waals surface area contributed by atoms with Gasteiger partial charge >= 0.3 is 5.97 Å². The van der Waals surface area contributed by atoms with Gasteiger partial charge in [0.1, 0.15) is 0 Å². The molecule has 0 saturated carbocycles. The third-order valence-corrected chi connectivity index (χ3v) is 2.28. The van der Waals surface area contributed by atoms with Crippen LogP contribution in [-0.2, 0) is 0 Å². The van der Waals surface area contributed by atoms with Crippen LogP contribution in [0.2, 0.25) is 5.02 Å². The van der Waals surface area contributed by atoms with Crippen LogP contribution in [-0.4, -0.2) is 31.5 Å². The third-order valence-electron chi connectivity index (χ3n) is 2.00. The average molecular weight is 263 g/mol.